The van der Waals surface area contributed by atoms with Gasteiger partial charge in [-0.2, -0.15) is 0 Å². The van der Waals surface area contributed by atoms with Gasteiger partial charge >= 0.3 is 0 Å². The summed E-state index contributed by atoms with van der Waals surface area (Å²) < 4.78 is 19.3. The second kappa shape index (κ2) is 5.63. The molecule has 2 aliphatic rings. The Morgan fingerprint density at radius 2 is 2.25 bits per heavy atom. The van der Waals surface area contributed by atoms with Crippen LogP contribution in [0.2, 0.25) is 5.02 Å². The van der Waals surface area contributed by atoms with Crippen molar-refractivity contribution < 1.29 is 9.13 Å². The highest BCUT2D eigenvalue weighted by atomic mass is 35.5. The second-order valence-corrected chi connectivity index (χ2v) is 6.48. The molecule has 1 heterocycles. The van der Waals surface area contributed by atoms with E-state index in [-0.39, 0.29) is 22.5 Å². The van der Waals surface area contributed by atoms with E-state index in [1.807, 2.05) is 13.1 Å². The van der Waals surface area contributed by atoms with Gasteiger partial charge in [0.05, 0.1) is 10.6 Å². The van der Waals surface area contributed by atoms with Gasteiger partial charge in [-0.1, -0.05) is 17.7 Å². The topological polar surface area (TPSA) is 21.3 Å². The fraction of sp³-hybridized carbons (Fsp3) is 0.625. The van der Waals surface area contributed by atoms with E-state index in [0.29, 0.717) is 5.92 Å². The molecule has 1 aromatic rings. The molecule has 2 unspecified atom stereocenters. The van der Waals surface area contributed by atoms with Crippen LogP contribution in [0.3, 0.4) is 0 Å². The Kier molecular flexibility index (Phi) is 4.02. The summed E-state index contributed by atoms with van der Waals surface area (Å²) in [5.41, 5.74) is 1.20. The second-order valence-electron chi connectivity index (χ2n) is 6.08. The van der Waals surface area contributed by atoms with E-state index in [1.54, 1.807) is 6.07 Å². The van der Waals surface area contributed by atoms with Gasteiger partial charge in [0, 0.05) is 12.6 Å². The van der Waals surface area contributed by atoms with Crippen LogP contribution in [0, 0.1) is 11.7 Å². The average molecular weight is 298 g/mol. The number of halogens is 2. The zero-order chi connectivity index (χ0) is 14.2. The summed E-state index contributed by atoms with van der Waals surface area (Å²) in [5, 5.41) is 3.59. The lowest BCUT2D eigenvalue weighted by Crippen LogP contribution is -2.47. The highest BCUT2D eigenvalue weighted by Crippen LogP contribution is 2.47. The van der Waals surface area contributed by atoms with Gasteiger partial charge < -0.3 is 10.1 Å². The van der Waals surface area contributed by atoms with Crippen molar-refractivity contribution in [3.05, 3.63) is 34.6 Å². The first-order valence-electron chi connectivity index (χ1n) is 7.40. The van der Waals surface area contributed by atoms with Crippen LogP contribution in [0.1, 0.15) is 43.7 Å². The predicted molar refractivity (Wildman–Crippen MR) is 78.5 cm³/mol. The Bertz CT molecular complexity index is 489. The minimum Gasteiger partial charge on any atom is -0.375 e. The summed E-state index contributed by atoms with van der Waals surface area (Å²) in [4.78, 5) is 0. The van der Waals surface area contributed by atoms with Crippen molar-refractivity contribution >= 4 is 11.6 Å². The van der Waals surface area contributed by atoms with E-state index in [4.69, 9.17) is 16.3 Å². The van der Waals surface area contributed by atoms with Crippen LogP contribution in [-0.4, -0.2) is 19.3 Å². The van der Waals surface area contributed by atoms with Gasteiger partial charge in [-0.15, -0.1) is 0 Å². The molecule has 2 atom stereocenters. The van der Waals surface area contributed by atoms with Crippen LogP contribution in [0.15, 0.2) is 18.2 Å². The number of rotatable bonds is 3. The quantitative estimate of drug-likeness (QED) is 0.907. The van der Waals surface area contributed by atoms with E-state index in [9.17, 15) is 4.39 Å². The van der Waals surface area contributed by atoms with Crippen LogP contribution in [0.25, 0.3) is 0 Å². The summed E-state index contributed by atoms with van der Waals surface area (Å²) in [7, 11) is 1.96. The van der Waals surface area contributed by atoms with Crippen molar-refractivity contribution in [1.82, 2.24) is 5.32 Å². The summed E-state index contributed by atoms with van der Waals surface area (Å²) in [6.45, 7) is 0.831. The smallest absolute Gasteiger partial charge is 0.141 e. The lowest BCUT2D eigenvalue weighted by molar-refractivity contribution is -0.147. The van der Waals surface area contributed by atoms with Crippen LogP contribution >= 0.6 is 11.6 Å². The molecule has 1 spiro atoms. The number of benzene rings is 1. The Hall–Kier alpha value is -0.640. The molecule has 0 aromatic heterocycles. The fourth-order valence-corrected chi connectivity index (χ4v) is 3.84. The lowest BCUT2D eigenvalue weighted by atomic mass is 9.69. The Morgan fingerprint density at radius 1 is 1.45 bits per heavy atom. The molecular weight excluding hydrogens is 277 g/mol. The maximum absolute atomic E-state index is 13.3. The summed E-state index contributed by atoms with van der Waals surface area (Å²) >= 11 is 5.92. The van der Waals surface area contributed by atoms with Crippen molar-refractivity contribution in [2.24, 2.45) is 5.92 Å². The van der Waals surface area contributed by atoms with Gasteiger partial charge in [-0.25, -0.2) is 4.39 Å². The van der Waals surface area contributed by atoms with Crippen LogP contribution in [0.5, 0.6) is 0 Å². The van der Waals surface area contributed by atoms with Crippen molar-refractivity contribution in [2.75, 3.05) is 13.7 Å². The van der Waals surface area contributed by atoms with Gasteiger partial charge in [0.15, 0.2) is 0 Å². The standard InChI is InChI=1S/C16H21ClFNO/c1-19-15(11-3-4-14(18)13(17)9-11)12-5-8-20-16(10-12)6-2-7-16/h3-4,9,12,15,19H,2,5-8,10H2,1H3. The van der Waals surface area contributed by atoms with Gasteiger partial charge in [0.2, 0.25) is 0 Å². The monoisotopic (exact) mass is 297 g/mol. The van der Waals surface area contributed by atoms with Gasteiger partial charge in [0.1, 0.15) is 5.82 Å². The molecule has 1 N–H and O–H groups in total. The van der Waals surface area contributed by atoms with Crippen molar-refractivity contribution in [1.29, 1.82) is 0 Å². The average Bonchev–Trinajstić information content (AvgIpc) is 2.42. The molecule has 1 aliphatic heterocycles. The number of hydrogen-bond acceptors (Lipinski definition) is 2. The molecule has 110 valence electrons. The maximum atomic E-state index is 13.3. The normalized spacial score (nSPS) is 26.2. The molecule has 0 amide bonds. The molecule has 1 aromatic carbocycles. The van der Waals surface area contributed by atoms with E-state index in [0.717, 1.165) is 25.0 Å². The van der Waals surface area contributed by atoms with Crippen molar-refractivity contribution in [2.45, 2.75) is 43.7 Å². The van der Waals surface area contributed by atoms with E-state index in [1.165, 1.54) is 25.3 Å². The first kappa shape index (κ1) is 14.3. The molecule has 3 rings (SSSR count). The Morgan fingerprint density at radius 3 is 2.85 bits per heavy atom. The lowest BCUT2D eigenvalue weighted by Gasteiger charge is -2.48. The minimum atomic E-state index is -0.354. The third-order valence-corrected chi connectivity index (χ3v) is 5.17. The zero-order valence-electron chi connectivity index (χ0n) is 11.8. The van der Waals surface area contributed by atoms with E-state index in [2.05, 4.69) is 5.32 Å². The Labute approximate surface area is 124 Å². The summed E-state index contributed by atoms with van der Waals surface area (Å²) in [6, 6.07) is 5.27. The molecule has 0 bridgehead atoms. The first-order chi connectivity index (χ1) is 9.63. The number of nitrogens with one attached hydrogen (secondary N) is 1. The molecule has 1 aliphatic carbocycles. The molecule has 20 heavy (non-hydrogen) atoms. The molecule has 4 heteroatoms. The van der Waals surface area contributed by atoms with Crippen LogP contribution in [0.4, 0.5) is 4.39 Å². The minimum absolute atomic E-state index is 0.127. The predicted octanol–water partition coefficient (Wildman–Crippen LogP) is 4.09. The summed E-state index contributed by atoms with van der Waals surface area (Å²) in [6.07, 6.45) is 5.78. The highest BCUT2D eigenvalue weighted by molar-refractivity contribution is 6.30. The number of hydrogen-bond donors (Lipinski definition) is 1. The third kappa shape index (κ3) is 2.59. The molecule has 0 radical (unpaired) electrons. The number of ether oxygens (including phenoxy) is 1. The largest absolute Gasteiger partial charge is 0.375 e. The zero-order valence-corrected chi connectivity index (χ0v) is 12.5. The molecule has 2 nitrogen and oxygen atoms in total. The maximum Gasteiger partial charge on any atom is 0.141 e. The fourth-order valence-electron chi connectivity index (χ4n) is 3.65. The summed E-state index contributed by atoms with van der Waals surface area (Å²) in [5.74, 6) is 0.170. The van der Waals surface area contributed by atoms with E-state index >= 15 is 0 Å². The van der Waals surface area contributed by atoms with Crippen LogP contribution in [-0.2, 0) is 4.74 Å². The molecule has 2 fully saturated rings. The molecular formula is C16H21ClFNO. The van der Waals surface area contributed by atoms with Gasteiger partial charge in [0.25, 0.3) is 0 Å². The first-order valence-corrected chi connectivity index (χ1v) is 7.77. The van der Waals surface area contributed by atoms with Gasteiger partial charge in [-0.3, -0.25) is 0 Å². The van der Waals surface area contributed by atoms with Crippen molar-refractivity contribution in [3.63, 3.8) is 0 Å². The third-order valence-electron chi connectivity index (χ3n) is 4.88. The molecule has 1 saturated carbocycles. The molecule has 1 saturated heterocycles. The highest BCUT2D eigenvalue weighted by Gasteiger charge is 2.44. The van der Waals surface area contributed by atoms with Gasteiger partial charge in [-0.05, 0) is 62.8 Å². The van der Waals surface area contributed by atoms with Crippen molar-refractivity contribution in [3.8, 4) is 0 Å². The van der Waals surface area contributed by atoms with E-state index < -0.39 is 0 Å². The Balaban J connectivity index is 1.79. The SMILES string of the molecule is CNC(c1ccc(F)c(Cl)c1)C1CCOC2(CCC2)C1. The van der Waals surface area contributed by atoms with Crippen LogP contribution < -0.4 is 5.32 Å².